The highest BCUT2D eigenvalue weighted by molar-refractivity contribution is 5.37. The molecule has 0 atom stereocenters. The van der Waals surface area contributed by atoms with Crippen LogP contribution in [0.1, 0.15) is 18.7 Å². The lowest BCUT2D eigenvalue weighted by Gasteiger charge is -2.32. The minimum atomic E-state index is 0.384. The normalized spacial score (nSPS) is 17.4. The third-order valence-electron chi connectivity index (χ3n) is 2.97. The van der Waals surface area contributed by atoms with E-state index in [9.17, 15) is 0 Å². The number of aromatic nitrogens is 2. The third kappa shape index (κ3) is 2.48. The van der Waals surface area contributed by atoms with E-state index < -0.39 is 0 Å². The van der Waals surface area contributed by atoms with Gasteiger partial charge in [0.25, 0.3) is 0 Å². The van der Waals surface area contributed by atoms with Gasteiger partial charge in [-0.25, -0.2) is 9.97 Å². The molecule has 2 N–H and O–H groups in total. The van der Waals surface area contributed by atoms with Gasteiger partial charge in [-0.3, -0.25) is 0 Å². The van der Waals surface area contributed by atoms with Gasteiger partial charge in [0.15, 0.2) is 0 Å². The van der Waals surface area contributed by atoms with Crippen LogP contribution in [0.2, 0.25) is 0 Å². The molecule has 0 radical (unpaired) electrons. The number of hydrogen-bond donors (Lipinski definition) is 1. The van der Waals surface area contributed by atoms with Crippen molar-refractivity contribution in [3.05, 3.63) is 18.1 Å². The maximum Gasteiger partial charge on any atom is 0.144 e. The number of nitrogens with two attached hydrogens (primary N) is 1. The van der Waals surface area contributed by atoms with Crippen molar-refractivity contribution in [3.63, 3.8) is 0 Å². The zero-order valence-corrected chi connectivity index (χ0v) is 9.59. The van der Waals surface area contributed by atoms with Crippen LogP contribution in [0.5, 0.6) is 0 Å². The van der Waals surface area contributed by atoms with Crippen molar-refractivity contribution in [3.8, 4) is 0 Å². The molecule has 0 spiro atoms. The van der Waals surface area contributed by atoms with Gasteiger partial charge in [0, 0.05) is 32.5 Å². The SMILES string of the molecule is CN(c1ccnc(CN)n1)C1CCOCC1. The van der Waals surface area contributed by atoms with Crippen molar-refractivity contribution in [1.29, 1.82) is 0 Å². The van der Waals surface area contributed by atoms with Crippen LogP contribution in [0.25, 0.3) is 0 Å². The largest absolute Gasteiger partial charge is 0.381 e. The van der Waals surface area contributed by atoms with Crippen LogP contribution in [-0.4, -0.2) is 36.3 Å². The average molecular weight is 222 g/mol. The molecule has 88 valence electrons. The second-order valence-corrected chi connectivity index (χ2v) is 3.99. The van der Waals surface area contributed by atoms with Crippen LogP contribution in [0, 0.1) is 0 Å². The molecule has 0 aromatic carbocycles. The van der Waals surface area contributed by atoms with E-state index in [4.69, 9.17) is 10.5 Å². The molecule has 0 bridgehead atoms. The Kier molecular flexibility index (Phi) is 3.69. The summed E-state index contributed by atoms with van der Waals surface area (Å²) in [6.07, 6.45) is 3.87. The Balaban J connectivity index is 2.09. The standard InChI is InChI=1S/C11H18N4O/c1-15(9-3-6-16-7-4-9)11-2-5-13-10(8-12)14-11/h2,5,9H,3-4,6-8,12H2,1H3. The molecule has 1 fully saturated rings. The van der Waals surface area contributed by atoms with Crippen molar-refractivity contribution in [2.75, 3.05) is 25.2 Å². The van der Waals surface area contributed by atoms with Gasteiger partial charge in [0.1, 0.15) is 11.6 Å². The number of rotatable bonds is 3. The molecule has 16 heavy (non-hydrogen) atoms. The Morgan fingerprint density at radius 3 is 2.94 bits per heavy atom. The van der Waals surface area contributed by atoms with E-state index >= 15 is 0 Å². The molecule has 0 saturated carbocycles. The minimum Gasteiger partial charge on any atom is -0.381 e. The van der Waals surface area contributed by atoms with Crippen LogP contribution in [-0.2, 0) is 11.3 Å². The predicted molar refractivity (Wildman–Crippen MR) is 62.2 cm³/mol. The summed E-state index contributed by atoms with van der Waals surface area (Å²) in [6, 6.07) is 2.43. The fraction of sp³-hybridized carbons (Fsp3) is 0.636. The van der Waals surface area contributed by atoms with Gasteiger partial charge in [-0.2, -0.15) is 0 Å². The lowest BCUT2D eigenvalue weighted by molar-refractivity contribution is 0.0853. The molecule has 0 amide bonds. The zero-order valence-electron chi connectivity index (χ0n) is 9.59. The lowest BCUT2D eigenvalue weighted by Crippen LogP contribution is -2.37. The summed E-state index contributed by atoms with van der Waals surface area (Å²) in [5, 5.41) is 0. The van der Waals surface area contributed by atoms with Crippen LogP contribution in [0.4, 0.5) is 5.82 Å². The van der Waals surface area contributed by atoms with E-state index in [1.807, 2.05) is 6.07 Å². The highest BCUT2D eigenvalue weighted by Crippen LogP contribution is 2.18. The average Bonchev–Trinajstić information content (AvgIpc) is 2.39. The first kappa shape index (κ1) is 11.3. The van der Waals surface area contributed by atoms with E-state index in [2.05, 4.69) is 21.9 Å². The van der Waals surface area contributed by atoms with Gasteiger partial charge in [0.2, 0.25) is 0 Å². The molecule has 2 heterocycles. The fourth-order valence-electron chi connectivity index (χ4n) is 1.94. The molecule has 1 aromatic heterocycles. The molecule has 1 saturated heterocycles. The predicted octanol–water partition coefficient (Wildman–Crippen LogP) is 0.550. The number of nitrogens with zero attached hydrogens (tertiary/aromatic N) is 3. The van der Waals surface area contributed by atoms with Crippen molar-refractivity contribution >= 4 is 5.82 Å². The molecule has 2 rings (SSSR count). The van der Waals surface area contributed by atoms with Crippen LogP contribution in [0.3, 0.4) is 0 Å². The number of anilines is 1. The number of ether oxygens (including phenoxy) is 1. The van der Waals surface area contributed by atoms with E-state index in [0.717, 1.165) is 31.9 Å². The first-order chi connectivity index (χ1) is 7.81. The monoisotopic (exact) mass is 222 g/mol. The summed E-state index contributed by atoms with van der Waals surface area (Å²) in [7, 11) is 2.07. The third-order valence-corrected chi connectivity index (χ3v) is 2.97. The Morgan fingerprint density at radius 2 is 2.25 bits per heavy atom. The number of hydrogen-bond acceptors (Lipinski definition) is 5. The van der Waals surface area contributed by atoms with Crippen LogP contribution < -0.4 is 10.6 Å². The van der Waals surface area contributed by atoms with Gasteiger partial charge in [-0.05, 0) is 18.9 Å². The Labute approximate surface area is 95.6 Å². The second kappa shape index (κ2) is 5.23. The van der Waals surface area contributed by atoms with E-state index in [-0.39, 0.29) is 0 Å². The second-order valence-electron chi connectivity index (χ2n) is 3.99. The minimum absolute atomic E-state index is 0.384. The molecule has 1 aliphatic rings. The summed E-state index contributed by atoms with van der Waals surface area (Å²) in [4.78, 5) is 10.7. The molecule has 1 aliphatic heterocycles. The first-order valence-electron chi connectivity index (χ1n) is 5.64. The molecule has 0 unspecified atom stereocenters. The Bertz CT molecular complexity index is 339. The van der Waals surface area contributed by atoms with E-state index in [1.54, 1.807) is 6.20 Å². The van der Waals surface area contributed by atoms with E-state index in [1.165, 1.54) is 0 Å². The fourth-order valence-corrected chi connectivity index (χ4v) is 1.94. The molecular formula is C11H18N4O. The molecule has 5 heteroatoms. The van der Waals surface area contributed by atoms with Gasteiger partial charge in [-0.1, -0.05) is 0 Å². The maximum absolute atomic E-state index is 5.53. The maximum atomic E-state index is 5.53. The lowest BCUT2D eigenvalue weighted by atomic mass is 10.1. The summed E-state index contributed by atoms with van der Waals surface area (Å²) in [5.74, 6) is 1.64. The first-order valence-corrected chi connectivity index (χ1v) is 5.64. The molecule has 1 aromatic rings. The summed E-state index contributed by atoms with van der Waals surface area (Å²) < 4.78 is 5.35. The molecule has 5 nitrogen and oxygen atoms in total. The van der Waals surface area contributed by atoms with Crippen LogP contribution >= 0.6 is 0 Å². The van der Waals surface area contributed by atoms with Crippen molar-refractivity contribution < 1.29 is 4.74 Å². The van der Waals surface area contributed by atoms with Gasteiger partial charge < -0.3 is 15.4 Å². The summed E-state index contributed by atoms with van der Waals surface area (Å²) >= 11 is 0. The zero-order chi connectivity index (χ0) is 11.4. The summed E-state index contributed by atoms with van der Waals surface area (Å²) in [5.41, 5.74) is 5.53. The highest BCUT2D eigenvalue weighted by Gasteiger charge is 2.19. The highest BCUT2D eigenvalue weighted by atomic mass is 16.5. The van der Waals surface area contributed by atoms with Crippen molar-refractivity contribution in [2.24, 2.45) is 5.73 Å². The van der Waals surface area contributed by atoms with Gasteiger partial charge in [0.05, 0.1) is 6.54 Å². The Morgan fingerprint density at radius 1 is 1.50 bits per heavy atom. The summed E-state index contributed by atoms with van der Waals surface area (Å²) in [6.45, 7) is 2.06. The van der Waals surface area contributed by atoms with Gasteiger partial charge in [-0.15, -0.1) is 0 Å². The van der Waals surface area contributed by atoms with Gasteiger partial charge >= 0.3 is 0 Å². The smallest absolute Gasteiger partial charge is 0.144 e. The molecule has 0 aliphatic carbocycles. The Hall–Kier alpha value is -1.20. The molecular weight excluding hydrogens is 204 g/mol. The topological polar surface area (TPSA) is 64.3 Å². The quantitative estimate of drug-likeness (QED) is 0.809. The van der Waals surface area contributed by atoms with Crippen molar-refractivity contribution in [1.82, 2.24) is 9.97 Å². The van der Waals surface area contributed by atoms with Crippen molar-refractivity contribution in [2.45, 2.75) is 25.4 Å². The van der Waals surface area contributed by atoms with Crippen LogP contribution in [0.15, 0.2) is 12.3 Å². The van der Waals surface area contributed by atoms with E-state index in [0.29, 0.717) is 18.4 Å².